The van der Waals surface area contributed by atoms with Gasteiger partial charge in [-0.25, -0.2) is 4.68 Å². The van der Waals surface area contributed by atoms with E-state index in [0.717, 1.165) is 0 Å². The van der Waals surface area contributed by atoms with Gasteiger partial charge in [0.15, 0.2) is 0 Å². The zero-order valence-electron chi connectivity index (χ0n) is 8.36. The summed E-state index contributed by atoms with van der Waals surface area (Å²) < 4.78 is 31.1. The minimum atomic E-state index is -3.88. The maximum atomic E-state index is 10.5. The highest BCUT2D eigenvalue weighted by Gasteiger charge is 2.13. The molecule has 0 aromatic carbocycles. The van der Waals surface area contributed by atoms with Crippen LogP contribution in [0.4, 0.5) is 0 Å². The van der Waals surface area contributed by atoms with Crippen LogP contribution in [-0.4, -0.2) is 44.2 Å². The largest absolute Gasteiger partial charge is 0.286 e. The van der Waals surface area contributed by atoms with Crippen LogP contribution >= 0.6 is 11.8 Å². The Balaban J connectivity index is 2.43. The molecule has 1 aromatic heterocycles. The molecule has 1 unspecified atom stereocenters. The average Bonchev–Trinajstić information content (AvgIpc) is 2.47. The van der Waals surface area contributed by atoms with Gasteiger partial charge in [0.1, 0.15) is 0 Å². The summed E-state index contributed by atoms with van der Waals surface area (Å²) in [6, 6.07) is 0. The van der Waals surface area contributed by atoms with E-state index in [-0.39, 0.29) is 11.0 Å². The summed E-state index contributed by atoms with van der Waals surface area (Å²) in [5, 5.41) is 11.5. The molecule has 9 heteroatoms. The number of nitrogens with zero attached hydrogens (tertiary/aromatic N) is 4. The molecule has 15 heavy (non-hydrogen) atoms. The van der Waals surface area contributed by atoms with Gasteiger partial charge in [-0.05, 0) is 16.8 Å². The molecule has 1 N–H and O–H groups in total. The molecule has 0 amide bonds. The van der Waals surface area contributed by atoms with Crippen molar-refractivity contribution in [1.29, 1.82) is 0 Å². The topological polar surface area (TPSA) is 98.0 Å². The Morgan fingerprint density at radius 2 is 2.27 bits per heavy atom. The summed E-state index contributed by atoms with van der Waals surface area (Å²) in [5.41, 5.74) is 0. The van der Waals surface area contributed by atoms with Crippen molar-refractivity contribution in [3.05, 3.63) is 0 Å². The predicted molar refractivity (Wildman–Crippen MR) is 55.1 cm³/mol. The predicted octanol–water partition coefficient (Wildman–Crippen LogP) is -0.0314. The van der Waals surface area contributed by atoms with E-state index in [2.05, 4.69) is 15.5 Å². The lowest BCUT2D eigenvalue weighted by Crippen LogP contribution is -2.10. The summed E-state index contributed by atoms with van der Waals surface area (Å²) in [6.07, 6.45) is 0.357. The SMILES string of the molecule is CC(CCS(=O)(=O)O)Sc1nnnn1C. The van der Waals surface area contributed by atoms with Crippen molar-refractivity contribution >= 4 is 21.9 Å². The van der Waals surface area contributed by atoms with Crippen LogP contribution in [0.3, 0.4) is 0 Å². The van der Waals surface area contributed by atoms with E-state index in [4.69, 9.17) is 4.55 Å². The van der Waals surface area contributed by atoms with E-state index in [9.17, 15) is 8.42 Å². The number of rotatable bonds is 5. The Morgan fingerprint density at radius 3 is 2.73 bits per heavy atom. The molecule has 0 aliphatic rings. The van der Waals surface area contributed by atoms with E-state index in [1.165, 1.54) is 16.4 Å². The highest BCUT2D eigenvalue weighted by molar-refractivity contribution is 7.99. The number of aromatic nitrogens is 4. The molecule has 0 saturated carbocycles. The van der Waals surface area contributed by atoms with Crippen LogP contribution in [0.25, 0.3) is 0 Å². The highest BCUT2D eigenvalue weighted by Crippen LogP contribution is 2.21. The van der Waals surface area contributed by atoms with Crippen molar-refractivity contribution in [2.45, 2.75) is 23.8 Å². The van der Waals surface area contributed by atoms with E-state index in [1.807, 2.05) is 6.92 Å². The van der Waals surface area contributed by atoms with Crippen LogP contribution in [0.2, 0.25) is 0 Å². The second kappa shape index (κ2) is 4.90. The molecular weight excluding hydrogens is 240 g/mol. The molecule has 7 nitrogen and oxygen atoms in total. The van der Waals surface area contributed by atoms with E-state index >= 15 is 0 Å². The lowest BCUT2D eigenvalue weighted by atomic mass is 10.4. The average molecular weight is 252 g/mol. The first kappa shape index (κ1) is 12.4. The van der Waals surface area contributed by atoms with Crippen LogP contribution in [0.15, 0.2) is 5.16 Å². The van der Waals surface area contributed by atoms with Gasteiger partial charge in [-0.15, -0.1) is 5.10 Å². The summed E-state index contributed by atoms with van der Waals surface area (Å²) in [5.74, 6) is -0.244. The number of hydrogen-bond acceptors (Lipinski definition) is 6. The molecule has 0 aliphatic carbocycles. The third-order valence-corrected chi connectivity index (χ3v) is 3.62. The second-order valence-corrected chi connectivity index (χ2v) is 6.07. The first-order chi connectivity index (χ1) is 6.88. The molecule has 0 fully saturated rings. The van der Waals surface area contributed by atoms with Gasteiger partial charge in [0, 0.05) is 12.3 Å². The molecule has 0 aliphatic heterocycles. The molecule has 86 valence electrons. The van der Waals surface area contributed by atoms with Crippen LogP contribution in [0.5, 0.6) is 0 Å². The zero-order valence-corrected chi connectivity index (χ0v) is 9.99. The third-order valence-electron chi connectivity index (χ3n) is 1.67. The van der Waals surface area contributed by atoms with Gasteiger partial charge in [-0.3, -0.25) is 4.55 Å². The Labute approximate surface area is 92.0 Å². The van der Waals surface area contributed by atoms with E-state index in [0.29, 0.717) is 11.6 Å². The Hall–Kier alpha value is -0.670. The lowest BCUT2D eigenvalue weighted by molar-refractivity contribution is 0.481. The molecule has 1 heterocycles. The van der Waals surface area contributed by atoms with Gasteiger partial charge >= 0.3 is 0 Å². The van der Waals surface area contributed by atoms with Gasteiger partial charge in [-0.2, -0.15) is 8.42 Å². The molecule has 1 rings (SSSR count). The van der Waals surface area contributed by atoms with Crippen molar-refractivity contribution in [2.24, 2.45) is 7.05 Å². The van der Waals surface area contributed by atoms with Gasteiger partial charge in [0.2, 0.25) is 5.16 Å². The van der Waals surface area contributed by atoms with Crippen LogP contribution in [-0.2, 0) is 17.2 Å². The van der Waals surface area contributed by atoms with Gasteiger partial charge in [0.05, 0.1) is 5.75 Å². The van der Waals surface area contributed by atoms with Crippen LogP contribution < -0.4 is 0 Å². The first-order valence-electron chi connectivity index (χ1n) is 4.22. The van der Waals surface area contributed by atoms with Crippen molar-refractivity contribution < 1.29 is 13.0 Å². The van der Waals surface area contributed by atoms with E-state index in [1.54, 1.807) is 7.05 Å². The minimum absolute atomic E-state index is 0.0247. The van der Waals surface area contributed by atoms with E-state index < -0.39 is 10.1 Å². The quantitative estimate of drug-likeness (QED) is 0.580. The standard InChI is InChI=1S/C6H12N4O3S2/c1-5(3-4-15(11,12)13)14-6-7-8-9-10(6)2/h5H,3-4H2,1-2H3,(H,11,12,13). The molecule has 1 aromatic rings. The van der Waals surface area contributed by atoms with Crippen LogP contribution in [0.1, 0.15) is 13.3 Å². The van der Waals surface area contributed by atoms with Crippen molar-refractivity contribution in [2.75, 3.05) is 5.75 Å². The summed E-state index contributed by atoms with van der Waals surface area (Å²) in [4.78, 5) is 0. The molecule has 0 saturated heterocycles. The van der Waals surface area contributed by atoms with Crippen molar-refractivity contribution in [3.63, 3.8) is 0 Å². The summed E-state index contributed by atoms with van der Waals surface area (Å²) >= 11 is 1.37. The molecule has 0 spiro atoms. The maximum Gasteiger partial charge on any atom is 0.264 e. The monoisotopic (exact) mass is 252 g/mol. The summed E-state index contributed by atoms with van der Waals surface area (Å²) in [7, 11) is -2.17. The van der Waals surface area contributed by atoms with Crippen LogP contribution in [0, 0.1) is 0 Å². The Morgan fingerprint density at radius 1 is 1.60 bits per heavy atom. The molecule has 1 atom stereocenters. The second-order valence-electron chi connectivity index (χ2n) is 3.09. The highest BCUT2D eigenvalue weighted by atomic mass is 32.2. The van der Waals surface area contributed by atoms with Gasteiger partial charge in [-0.1, -0.05) is 18.7 Å². The fraction of sp³-hybridized carbons (Fsp3) is 0.833. The maximum absolute atomic E-state index is 10.5. The number of thioether (sulfide) groups is 1. The zero-order chi connectivity index (χ0) is 11.5. The van der Waals surface area contributed by atoms with Crippen molar-refractivity contribution in [3.8, 4) is 0 Å². The fourth-order valence-electron chi connectivity index (χ4n) is 0.875. The molecule has 0 radical (unpaired) electrons. The number of tetrazole rings is 1. The Kier molecular flexibility index (Phi) is 4.05. The van der Waals surface area contributed by atoms with Gasteiger partial charge < -0.3 is 0 Å². The number of hydrogen-bond donors (Lipinski definition) is 1. The third kappa shape index (κ3) is 4.58. The fourth-order valence-corrected chi connectivity index (χ4v) is 2.54. The smallest absolute Gasteiger partial charge is 0.264 e. The Bertz CT molecular complexity index is 416. The number of aryl methyl sites for hydroxylation is 1. The minimum Gasteiger partial charge on any atom is -0.286 e. The lowest BCUT2D eigenvalue weighted by Gasteiger charge is -2.07. The van der Waals surface area contributed by atoms with Crippen molar-refractivity contribution in [1.82, 2.24) is 20.2 Å². The normalized spacial score (nSPS) is 14.1. The molecule has 0 bridgehead atoms. The summed E-state index contributed by atoms with van der Waals surface area (Å²) in [6.45, 7) is 1.85. The first-order valence-corrected chi connectivity index (χ1v) is 6.71. The molecular formula is C6H12N4O3S2. The van der Waals surface area contributed by atoms with Gasteiger partial charge in [0.25, 0.3) is 10.1 Å².